The van der Waals surface area contributed by atoms with Crippen molar-refractivity contribution >= 4 is 36.1 Å². The number of amides is 1. The lowest BCUT2D eigenvalue weighted by Crippen LogP contribution is -2.64. The minimum Gasteiger partial charge on any atom is -0.378 e. The summed E-state index contributed by atoms with van der Waals surface area (Å²) in [7, 11) is -22.5. The van der Waals surface area contributed by atoms with Gasteiger partial charge in [0, 0.05) is 5.57 Å². The van der Waals surface area contributed by atoms with Crippen molar-refractivity contribution in [2.45, 2.75) is 41.8 Å². The first kappa shape index (κ1) is 33.4. The number of hydrogen-bond acceptors (Lipinski definition) is 8. The molecule has 1 aromatic carbocycles. The van der Waals surface area contributed by atoms with Gasteiger partial charge in [0.25, 0.3) is 10.0 Å². The fraction of sp³-hybridized carbons (Fsp3) is 0.438. The molecular formula is C16H15F9N2O8S3. The van der Waals surface area contributed by atoms with E-state index in [-0.39, 0.29) is 11.1 Å². The van der Waals surface area contributed by atoms with Crippen molar-refractivity contribution in [2.24, 2.45) is 0 Å². The van der Waals surface area contributed by atoms with Gasteiger partial charge in [-0.1, -0.05) is 22.8 Å². The third-order valence-electron chi connectivity index (χ3n) is 4.23. The molecule has 1 amide bonds. The fourth-order valence-electron chi connectivity index (χ4n) is 2.13. The van der Waals surface area contributed by atoms with Gasteiger partial charge in [0.05, 0.1) is 6.04 Å². The Morgan fingerprint density at radius 2 is 1.29 bits per heavy atom. The van der Waals surface area contributed by atoms with Gasteiger partial charge in [-0.15, -0.1) is 0 Å². The van der Waals surface area contributed by atoms with Gasteiger partial charge in [-0.25, -0.2) is 16.8 Å². The lowest BCUT2D eigenvalue weighted by molar-refractivity contribution is -0.245. The number of alkyl halides is 9. The Balaban J connectivity index is 3.34. The zero-order valence-electron chi connectivity index (χ0n) is 18.5. The molecule has 0 aliphatic carbocycles. The first-order chi connectivity index (χ1) is 16.6. The predicted molar refractivity (Wildman–Crippen MR) is 109 cm³/mol. The van der Waals surface area contributed by atoms with E-state index in [2.05, 4.69) is 16.1 Å². The molecule has 0 radical (unpaired) electrons. The van der Waals surface area contributed by atoms with Gasteiger partial charge in [-0.05, 0) is 31.5 Å². The summed E-state index contributed by atoms with van der Waals surface area (Å²) in [6.07, 6.45) is 0. The Morgan fingerprint density at radius 1 is 0.842 bits per heavy atom. The summed E-state index contributed by atoms with van der Waals surface area (Å²) in [6.45, 7) is 6.09. The maximum absolute atomic E-state index is 14.1. The van der Waals surface area contributed by atoms with Crippen LogP contribution in [0.2, 0.25) is 0 Å². The molecule has 0 aromatic heterocycles. The lowest BCUT2D eigenvalue weighted by Gasteiger charge is -2.31. The number of nitrogens with one attached hydrogen (secondary N) is 2. The summed E-state index contributed by atoms with van der Waals surface area (Å²) in [6, 6.07) is 2.08. The number of carbonyl (C=O) groups is 1. The summed E-state index contributed by atoms with van der Waals surface area (Å²) in [5.41, 5.74) is -6.45. The molecule has 1 rings (SSSR count). The predicted octanol–water partition coefficient (Wildman–Crippen LogP) is 2.74. The van der Waals surface area contributed by atoms with Crippen LogP contribution in [0.3, 0.4) is 0 Å². The van der Waals surface area contributed by atoms with Crippen molar-refractivity contribution < 1.29 is 73.7 Å². The Kier molecular flexibility index (Phi) is 8.96. The molecule has 0 saturated heterocycles. The summed E-state index contributed by atoms with van der Waals surface area (Å²) in [5, 5.41) is -12.3. The van der Waals surface area contributed by atoms with Crippen molar-refractivity contribution in [3.8, 4) is 5.75 Å². The molecule has 0 heterocycles. The van der Waals surface area contributed by atoms with Gasteiger partial charge in [0.15, 0.2) is 0 Å². The third-order valence-corrected chi connectivity index (χ3v) is 8.82. The van der Waals surface area contributed by atoms with Crippen molar-refractivity contribution in [2.75, 3.05) is 0 Å². The van der Waals surface area contributed by atoms with Crippen LogP contribution in [-0.4, -0.2) is 53.1 Å². The molecule has 0 aliphatic heterocycles. The van der Waals surface area contributed by atoms with E-state index < -0.39 is 73.9 Å². The summed E-state index contributed by atoms with van der Waals surface area (Å²) < 4.78 is 191. The van der Waals surface area contributed by atoms with E-state index in [4.69, 9.17) is 0 Å². The molecule has 10 nitrogen and oxygen atoms in total. The highest BCUT2D eigenvalue weighted by Crippen LogP contribution is 2.51. The number of rotatable bonds is 11. The SMILES string of the molecule is C=C(C)C(=O)NC(C)c1ccc(OS(=O)(=O)C(F)(F)C(F)(F)C(F)(F)S(=O)(=O)NS(=O)(=O)C(F)(F)F)cc1. The minimum atomic E-state index is -7.89. The van der Waals surface area contributed by atoms with Crippen molar-refractivity contribution in [1.82, 2.24) is 9.44 Å². The highest BCUT2D eigenvalue weighted by molar-refractivity contribution is 8.05. The monoisotopic (exact) mass is 630 g/mol. The van der Waals surface area contributed by atoms with Crippen LogP contribution in [0.4, 0.5) is 39.5 Å². The van der Waals surface area contributed by atoms with Gasteiger partial charge < -0.3 is 9.50 Å². The summed E-state index contributed by atoms with van der Waals surface area (Å²) in [4.78, 5) is 11.6. The average Bonchev–Trinajstić information content (AvgIpc) is 2.71. The molecule has 218 valence electrons. The molecule has 0 aliphatic rings. The maximum Gasteiger partial charge on any atom is 0.512 e. The van der Waals surface area contributed by atoms with E-state index in [1.807, 2.05) is 0 Å². The third kappa shape index (κ3) is 6.17. The number of sulfonamides is 2. The zero-order valence-corrected chi connectivity index (χ0v) is 20.9. The number of benzene rings is 1. The second kappa shape index (κ2) is 10.2. The van der Waals surface area contributed by atoms with E-state index in [1.165, 1.54) is 13.8 Å². The molecular weight excluding hydrogens is 615 g/mol. The number of halogens is 9. The molecule has 0 saturated carbocycles. The van der Waals surface area contributed by atoms with E-state index in [1.54, 1.807) is 0 Å². The van der Waals surface area contributed by atoms with Gasteiger partial charge in [-0.2, -0.15) is 47.9 Å². The minimum absolute atomic E-state index is 0.0797. The van der Waals surface area contributed by atoms with Gasteiger partial charge in [-0.3, -0.25) is 4.79 Å². The van der Waals surface area contributed by atoms with Crippen LogP contribution in [0.15, 0.2) is 36.4 Å². The first-order valence-corrected chi connectivity index (χ1v) is 13.5. The molecule has 1 aromatic rings. The van der Waals surface area contributed by atoms with E-state index in [0.717, 1.165) is 12.1 Å². The van der Waals surface area contributed by atoms with Gasteiger partial charge >= 0.3 is 42.1 Å². The highest BCUT2D eigenvalue weighted by Gasteiger charge is 2.83. The normalized spacial score (nSPS) is 15.0. The van der Waals surface area contributed by atoms with Crippen molar-refractivity contribution in [1.29, 1.82) is 0 Å². The molecule has 1 atom stereocenters. The van der Waals surface area contributed by atoms with Crippen LogP contribution in [0.25, 0.3) is 0 Å². The lowest BCUT2D eigenvalue weighted by atomic mass is 10.1. The Bertz CT molecular complexity index is 1410. The summed E-state index contributed by atoms with van der Waals surface area (Å²) in [5.74, 6) is -9.45. The van der Waals surface area contributed by atoms with Crippen molar-refractivity contribution in [3.63, 3.8) is 0 Å². The van der Waals surface area contributed by atoms with Crippen LogP contribution >= 0.6 is 0 Å². The Hall–Kier alpha value is -2.59. The molecule has 0 spiro atoms. The zero-order chi connectivity index (χ0) is 30.3. The average molecular weight is 630 g/mol. The number of hydrogen-bond donors (Lipinski definition) is 2. The largest absolute Gasteiger partial charge is 0.512 e. The molecule has 38 heavy (non-hydrogen) atoms. The second-order valence-corrected chi connectivity index (χ2v) is 12.5. The highest BCUT2D eigenvalue weighted by atomic mass is 32.3. The molecule has 1 unspecified atom stereocenters. The molecule has 0 fully saturated rings. The van der Waals surface area contributed by atoms with Gasteiger partial charge in [0.1, 0.15) is 5.75 Å². The quantitative estimate of drug-likeness (QED) is 0.215. The topological polar surface area (TPSA) is 153 Å². The van der Waals surface area contributed by atoms with Crippen LogP contribution in [-0.2, 0) is 35.0 Å². The summed E-state index contributed by atoms with van der Waals surface area (Å²) >= 11 is 0. The maximum atomic E-state index is 14.1. The Morgan fingerprint density at radius 3 is 1.68 bits per heavy atom. The first-order valence-electron chi connectivity index (χ1n) is 9.13. The smallest absolute Gasteiger partial charge is 0.378 e. The van der Waals surface area contributed by atoms with Crippen LogP contribution in [0.5, 0.6) is 5.75 Å². The Labute approximate surface area is 209 Å². The second-order valence-electron chi connectivity index (χ2n) is 7.23. The van der Waals surface area contributed by atoms with E-state index in [0.29, 0.717) is 12.1 Å². The van der Waals surface area contributed by atoms with Crippen molar-refractivity contribution in [3.05, 3.63) is 42.0 Å². The molecule has 0 bridgehead atoms. The van der Waals surface area contributed by atoms with Crippen LogP contribution in [0, 0.1) is 0 Å². The molecule has 2 N–H and O–H groups in total. The number of carbonyl (C=O) groups excluding carboxylic acids is 1. The standard InChI is InChI=1S/C16H15F9N2O8S3/c1-8(2)12(28)26-9(3)10-4-6-11(7-5-10)35-38(33,34)15(21,22)13(17,18)14(19,20)36(29,30)27-37(31,32)16(23,24)25/h4-7,9,27H,1H2,2-3H3,(H,26,28). The van der Waals surface area contributed by atoms with Gasteiger partial charge in [0.2, 0.25) is 5.91 Å². The van der Waals surface area contributed by atoms with Crippen LogP contribution in [0.1, 0.15) is 25.5 Å². The molecule has 22 heteroatoms. The van der Waals surface area contributed by atoms with E-state index >= 15 is 0 Å². The van der Waals surface area contributed by atoms with E-state index in [9.17, 15) is 69.6 Å². The fourth-order valence-corrected chi connectivity index (χ4v) is 5.53. The van der Waals surface area contributed by atoms with Crippen LogP contribution < -0.4 is 13.6 Å².